The molecule has 5 heterocycles. The van der Waals surface area contributed by atoms with Crippen molar-refractivity contribution >= 4 is 28.7 Å². The summed E-state index contributed by atoms with van der Waals surface area (Å²) in [6.45, 7) is 4.31. The van der Waals surface area contributed by atoms with E-state index < -0.39 is 17.7 Å². The normalized spacial score (nSPS) is 18.5. The number of nitrogens with zero attached hydrogens (tertiary/aromatic N) is 5. The Morgan fingerprint density at radius 1 is 1.24 bits per heavy atom. The monoisotopic (exact) mass is 455 g/mol. The largest absolute Gasteiger partial charge is 0.365 e. The summed E-state index contributed by atoms with van der Waals surface area (Å²) in [5, 5.41) is 9.41. The molecule has 5 rings (SSSR count). The summed E-state index contributed by atoms with van der Waals surface area (Å²) < 4.78 is 31.4. The number of amides is 2. The first-order chi connectivity index (χ1) is 15.9. The molecule has 2 amide bonds. The topological polar surface area (TPSA) is 94.9 Å². The molecule has 33 heavy (non-hydrogen) atoms. The van der Waals surface area contributed by atoms with Gasteiger partial charge in [-0.1, -0.05) is 0 Å². The van der Waals surface area contributed by atoms with Crippen LogP contribution in [0.5, 0.6) is 0 Å². The van der Waals surface area contributed by atoms with Gasteiger partial charge in [-0.15, -0.1) is 0 Å². The quantitative estimate of drug-likeness (QED) is 0.582. The predicted molar refractivity (Wildman–Crippen MR) is 117 cm³/mol. The third-order valence-corrected chi connectivity index (χ3v) is 6.34. The van der Waals surface area contributed by atoms with Gasteiger partial charge in [-0.25, -0.2) is 13.9 Å². The minimum Gasteiger partial charge on any atom is -0.365 e. The van der Waals surface area contributed by atoms with E-state index in [1.807, 2.05) is 4.90 Å². The predicted octanol–water partition coefficient (Wildman–Crippen LogP) is 1.74. The van der Waals surface area contributed by atoms with Crippen molar-refractivity contribution in [3.8, 4) is 0 Å². The van der Waals surface area contributed by atoms with Gasteiger partial charge >= 0.3 is 0 Å². The summed E-state index contributed by atoms with van der Waals surface area (Å²) in [6.07, 6.45) is 3.28. The molecule has 0 saturated carbocycles. The van der Waals surface area contributed by atoms with Crippen molar-refractivity contribution in [1.82, 2.24) is 24.8 Å². The second-order valence-corrected chi connectivity index (χ2v) is 8.30. The molecule has 0 bridgehead atoms. The molecule has 3 aromatic rings. The number of pyridine rings is 2. The molecule has 2 N–H and O–H groups in total. The lowest BCUT2D eigenvalue weighted by Crippen LogP contribution is -2.46. The van der Waals surface area contributed by atoms with Gasteiger partial charge in [0, 0.05) is 57.1 Å². The number of rotatable bonds is 4. The molecule has 1 atom stereocenters. The maximum absolute atomic E-state index is 15.3. The Balaban J connectivity index is 1.31. The van der Waals surface area contributed by atoms with Gasteiger partial charge in [-0.05, 0) is 19.1 Å². The number of piperazine rings is 1. The summed E-state index contributed by atoms with van der Waals surface area (Å²) in [6, 6.07) is 3.05. The van der Waals surface area contributed by atoms with Crippen molar-refractivity contribution in [2.24, 2.45) is 0 Å². The Morgan fingerprint density at radius 2 is 2.00 bits per heavy atom. The standard InChI is InChI=1S/C22H23F2N7O2/c1-12-14-9-26-31-11-13(17(23)18(19(14)31)28-21(12)32)10-29-5-7-30(8-6-29)16-4-3-15(22(33)25-2)27-20(16)24/h3-4,9,11-12H,5-8,10H2,1-2H3,(H,25,33)(H,28,32). The fraction of sp³-hybridized carbons (Fsp3) is 0.364. The Hall–Kier alpha value is -3.60. The van der Waals surface area contributed by atoms with Crippen molar-refractivity contribution in [3.05, 3.63) is 53.1 Å². The smallest absolute Gasteiger partial charge is 0.269 e. The Kier molecular flexibility index (Phi) is 5.20. The minimum absolute atomic E-state index is 0.0236. The van der Waals surface area contributed by atoms with Crippen LogP contribution in [0.4, 0.5) is 20.2 Å². The molecule has 2 aliphatic heterocycles. The van der Waals surface area contributed by atoms with Crippen molar-refractivity contribution in [3.63, 3.8) is 0 Å². The van der Waals surface area contributed by atoms with Gasteiger partial charge < -0.3 is 15.5 Å². The van der Waals surface area contributed by atoms with E-state index in [9.17, 15) is 14.0 Å². The van der Waals surface area contributed by atoms with Gasteiger partial charge in [-0.3, -0.25) is 14.5 Å². The molecule has 11 heteroatoms. The van der Waals surface area contributed by atoms with Crippen LogP contribution in [0.25, 0.3) is 5.52 Å². The van der Waals surface area contributed by atoms with Crippen LogP contribution in [0.15, 0.2) is 24.5 Å². The average molecular weight is 455 g/mol. The number of carbonyl (C=O) groups excluding carboxylic acids is 2. The SMILES string of the molecule is CNC(=O)c1ccc(N2CCN(Cc3cn4ncc5c4c(c3F)NC(=O)C5C)CC2)c(F)n1. The molecule has 1 saturated heterocycles. The molecule has 0 radical (unpaired) electrons. The number of anilines is 2. The highest BCUT2D eigenvalue weighted by molar-refractivity contribution is 6.05. The highest BCUT2D eigenvalue weighted by Crippen LogP contribution is 2.36. The van der Waals surface area contributed by atoms with Crippen LogP contribution >= 0.6 is 0 Å². The first-order valence-corrected chi connectivity index (χ1v) is 10.7. The Labute approximate surface area is 188 Å². The summed E-state index contributed by atoms with van der Waals surface area (Å²) in [5.74, 6) is -2.22. The molecule has 2 aliphatic rings. The highest BCUT2D eigenvalue weighted by atomic mass is 19.1. The van der Waals surface area contributed by atoms with Gasteiger partial charge in [0.1, 0.15) is 11.4 Å². The van der Waals surface area contributed by atoms with E-state index in [1.54, 1.807) is 29.9 Å². The van der Waals surface area contributed by atoms with Gasteiger partial charge in [0.25, 0.3) is 5.91 Å². The first kappa shape index (κ1) is 21.3. The number of hydrogen-bond acceptors (Lipinski definition) is 6. The number of nitrogens with one attached hydrogen (secondary N) is 2. The van der Waals surface area contributed by atoms with Crippen LogP contribution in [-0.2, 0) is 11.3 Å². The molecule has 1 fully saturated rings. The third kappa shape index (κ3) is 3.58. The molecule has 3 aromatic heterocycles. The number of halogens is 2. The van der Waals surface area contributed by atoms with Crippen LogP contribution in [0, 0.1) is 11.8 Å². The molecule has 9 nitrogen and oxygen atoms in total. The van der Waals surface area contributed by atoms with Crippen LogP contribution < -0.4 is 15.5 Å². The second-order valence-electron chi connectivity index (χ2n) is 8.30. The average Bonchev–Trinajstić information content (AvgIpc) is 3.24. The van der Waals surface area contributed by atoms with Crippen LogP contribution in [0.2, 0.25) is 0 Å². The molecule has 1 unspecified atom stereocenters. The lowest BCUT2D eigenvalue weighted by molar-refractivity contribution is -0.117. The van der Waals surface area contributed by atoms with Gasteiger partial charge in [0.15, 0.2) is 5.82 Å². The van der Waals surface area contributed by atoms with Gasteiger partial charge in [-0.2, -0.15) is 9.49 Å². The molecule has 0 spiro atoms. The summed E-state index contributed by atoms with van der Waals surface area (Å²) in [5.41, 5.74) is 2.27. The molecular weight excluding hydrogens is 432 g/mol. The fourth-order valence-electron chi connectivity index (χ4n) is 4.42. The highest BCUT2D eigenvalue weighted by Gasteiger charge is 2.31. The maximum Gasteiger partial charge on any atom is 0.269 e. The van der Waals surface area contributed by atoms with Crippen LogP contribution in [0.1, 0.15) is 34.5 Å². The zero-order valence-corrected chi connectivity index (χ0v) is 18.2. The fourth-order valence-corrected chi connectivity index (χ4v) is 4.42. The van der Waals surface area contributed by atoms with E-state index in [0.717, 1.165) is 0 Å². The number of hydrogen-bond donors (Lipinski definition) is 2. The Morgan fingerprint density at radius 3 is 2.70 bits per heavy atom. The van der Waals surface area contributed by atoms with Crippen LogP contribution in [-0.4, -0.2) is 64.5 Å². The zero-order valence-electron chi connectivity index (χ0n) is 18.2. The summed E-state index contributed by atoms with van der Waals surface area (Å²) in [7, 11) is 1.46. The summed E-state index contributed by atoms with van der Waals surface area (Å²) in [4.78, 5) is 31.6. The first-order valence-electron chi connectivity index (χ1n) is 10.7. The van der Waals surface area contributed by atoms with Gasteiger partial charge in [0.2, 0.25) is 11.9 Å². The Bertz CT molecular complexity index is 1270. The van der Waals surface area contributed by atoms with E-state index in [-0.39, 0.29) is 23.2 Å². The van der Waals surface area contributed by atoms with Crippen molar-refractivity contribution in [2.75, 3.05) is 43.4 Å². The van der Waals surface area contributed by atoms with E-state index >= 15 is 4.39 Å². The van der Waals surface area contributed by atoms with E-state index in [2.05, 4.69) is 25.6 Å². The number of aromatic nitrogens is 3. The van der Waals surface area contributed by atoms with Crippen molar-refractivity contribution in [1.29, 1.82) is 0 Å². The third-order valence-electron chi connectivity index (χ3n) is 6.34. The molecule has 172 valence electrons. The van der Waals surface area contributed by atoms with E-state index in [1.165, 1.54) is 13.1 Å². The molecular formula is C22H23F2N7O2. The van der Waals surface area contributed by atoms with Crippen LogP contribution in [0.3, 0.4) is 0 Å². The minimum atomic E-state index is -0.695. The zero-order chi connectivity index (χ0) is 23.3. The van der Waals surface area contributed by atoms with E-state index in [0.29, 0.717) is 55.1 Å². The lowest BCUT2D eigenvalue weighted by atomic mass is 9.97. The van der Waals surface area contributed by atoms with Crippen molar-refractivity contribution in [2.45, 2.75) is 19.4 Å². The molecule has 0 aliphatic carbocycles. The maximum atomic E-state index is 15.3. The van der Waals surface area contributed by atoms with E-state index in [4.69, 9.17) is 0 Å². The van der Waals surface area contributed by atoms with Gasteiger partial charge in [0.05, 0.1) is 23.3 Å². The molecule has 0 aromatic carbocycles. The summed E-state index contributed by atoms with van der Waals surface area (Å²) >= 11 is 0. The lowest BCUT2D eigenvalue weighted by Gasteiger charge is -2.36. The van der Waals surface area contributed by atoms with Crippen molar-refractivity contribution < 1.29 is 18.4 Å². The second kappa shape index (κ2) is 8.07. The number of carbonyl (C=O) groups is 2.